The summed E-state index contributed by atoms with van der Waals surface area (Å²) in [5, 5.41) is 28.3. The number of hydrogen-bond donors (Lipinski definition) is 8. The van der Waals surface area contributed by atoms with E-state index in [2.05, 4.69) is 36.9 Å². The van der Waals surface area contributed by atoms with E-state index in [4.69, 9.17) is 0 Å². The molecule has 274 valence electrons. The lowest BCUT2D eigenvalue weighted by molar-refractivity contribution is -0.139. The van der Waals surface area contributed by atoms with Gasteiger partial charge in [-0.1, -0.05) is 25.0 Å². The Morgan fingerprint density at radius 3 is 2.28 bits per heavy atom. The summed E-state index contributed by atoms with van der Waals surface area (Å²) in [6.45, 7) is 1.01. The lowest BCUT2D eigenvalue weighted by Crippen LogP contribution is -2.53. The standard InChI is InChI=1S/C38H40N8O7/c47-31(16-17-32(48)42-24-8-10-25(11-9-24)43-38(53)44-26-12-13-28-23(22-26)18-21-40-28)41-20-4-2-1-3-19-39-29-7-5-6-27-34(29)37(52)46(36(27)51)30-14-15-33(49)45-35(30)50/h5-13,16-18,21-22,30,36,39-40,51H,1-4,14-15,19-20H2,(H,41,47)(H,42,48)(H2,43,44,53)(H,45,49,50)/b17-16+. The number of aromatic nitrogens is 1. The molecule has 2 atom stereocenters. The molecular formula is C38H40N8O7. The number of aliphatic hydroxyl groups excluding tert-OH is 1. The van der Waals surface area contributed by atoms with Gasteiger partial charge >= 0.3 is 6.03 Å². The van der Waals surface area contributed by atoms with E-state index in [1.165, 1.54) is 6.08 Å². The third kappa shape index (κ3) is 9.07. The van der Waals surface area contributed by atoms with Crippen molar-refractivity contribution in [3.8, 4) is 0 Å². The van der Waals surface area contributed by atoms with E-state index in [1.54, 1.807) is 48.5 Å². The highest BCUT2D eigenvalue weighted by Crippen LogP contribution is 2.38. The maximum atomic E-state index is 13.3. The van der Waals surface area contributed by atoms with Gasteiger partial charge in [-0.2, -0.15) is 0 Å². The summed E-state index contributed by atoms with van der Waals surface area (Å²) < 4.78 is 0. The van der Waals surface area contributed by atoms with Crippen LogP contribution in [0.4, 0.5) is 27.5 Å². The predicted molar refractivity (Wildman–Crippen MR) is 199 cm³/mol. The van der Waals surface area contributed by atoms with Gasteiger partial charge in [0, 0.05) is 77.1 Å². The van der Waals surface area contributed by atoms with Crippen molar-refractivity contribution < 1.29 is 33.9 Å². The molecule has 15 nitrogen and oxygen atoms in total. The minimum atomic E-state index is -1.27. The number of aromatic amines is 1. The number of benzene rings is 3. The van der Waals surface area contributed by atoms with Gasteiger partial charge in [-0.25, -0.2) is 4.79 Å². The van der Waals surface area contributed by atoms with E-state index in [-0.39, 0.29) is 18.7 Å². The van der Waals surface area contributed by atoms with Crippen molar-refractivity contribution in [3.63, 3.8) is 0 Å². The molecule has 7 amide bonds. The summed E-state index contributed by atoms with van der Waals surface area (Å²) >= 11 is 0. The van der Waals surface area contributed by atoms with E-state index in [9.17, 15) is 33.9 Å². The van der Waals surface area contributed by atoms with Crippen molar-refractivity contribution in [2.45, 2.75) is 50.8 Å². The van der Waals surface area contributed by atoms with E-state index >= 15 is 0 Å². The van der Waals surface area contributed by atoms with Gasteiger partial charge in [0.1, 0.15) is 6.04 Å². The molecule has 0 radical (unpaired) electrons. The lowest BCUT2D eigenvalue weighted by atomic mass is 10.0. The fourth-order valence-corrected chi connectivity index (χ4v) is 6.31. The zero-order chi connectivity index (χ0) is 37.3. The average Bonchev–Trinajstić information content (AvgIpc) is 3.71. The lowest BCUT2D eigenvalue weighted by Gasteiger charge is -2.31. The monoisotopic (exact) mass is 720 g/mol. The van der Waals surface area contributed by atoms with E-state index in [1.807, 2.05) is 24.4 Å². The van der Waals surface area contributed by atoms with Gasteiger partial charge in [-0.3, -0.25) is 34.2 Å². The van der Waals surface area contributed by atoms with Crippen LogP contribution in [-0.4, -0.2) is 69.7 Å². The van der Waals surface area contributed by atoms with Gasteiger partial charge in [-0.15, -0.1) is 0 Å². The number of amides is 7. The van der Waals surface area contributed by atoms with Gasteiger partial charge in [0.05, 0.1) is 5.56 Å². The molecule has 15 heteroatoms. The van der Waals surface area contributed by atoms with Crippen molar-refractivity contribution in [2.24, 2.45) is 0 Å². The second-order valence-corrected chi connectivity index (χ2v) is 12.7. The highest BCUT2D eigenvalue weighted by Gasteiger charge is 2.45. The molecule has 0 aliphatic carbocycles. The van der Waals surface area contributed by atoms with Gasteiger partial charge in [0.2, 0.25) is 23.6 Å². The van der Waals surface area contributed by atoms with Crippen molar-refractivity contribution in [2.75, 3.05) is 34.4 Å². The van der Waals surface area contributed by atoms with Crippen LogP contribution in [0.25, 0.3) is 10.9 Å². The molecule has 2 aliphatic heterocycles. The van der Waals surface area contributed by atoms with Crippen LogP contribution in [0.1, 0.15) is 60.7 Å². The summed E-state index contributed by atoms with van der Waals surface area (Å²) in [5.41, 5.74) is 3.96. The summed E-state index contributed by atoms with van der Waals surface area (Å²) in [4.78, 5) is 78.4. The maximum Gasteiger partial charge on any atom is 0.323 e. The predicted octanol–water partition coefficient (Wildman–Crippen LogP) is 4.35. The largest absolute Gasteiger partial charge is 0.384 e. The number of anilines is 4. The molecule has 1 aromatic heterocycles. The van der Waals surface area contributed by atoms with E-state index in [0.29, 0.717) is 47.0 Å². The molecule has 3 heterocycles. The van der Waals surface area contributed by atoms with Crippen LogP contribution in [-0.2, 0) is 19.2 Å². The number of unbranched alkanes of at least 4 members (excludes halogenated alkanes) is 3. The molecule has 6 rings (SSSR count). The molecule has 0 saturated carbocycles. The Morgan fingerprint density at radius 2 is 1.51 bits per heavy atom. The molecule has 2 unspecified atom stereocenters. The first-order chi connectivity index (χ1) is 25.7. The quantitative estimate of drug-likeness (QED) is 0.0532. The smallest absolute Gasteiger partial charge is 0.323 e. The SMILES string of the molecule is O=C(/C=C/C(=O)Nc1ccc(NC(=O)Nc2ccc3[nH]ccc3c2)cc1)NCCCCCCNc1cccc2c1C(=O)N(C1CCC(=O)NC1=O)C2O. The molecule has 1 saturated heterocycles. The van der Waals surface area contributed by atoms with Gasteiger partial charge < -0.3 is 36.7 Å². The molecule has 3 aromatic carbocycles. The van der Waals surface area contributed by atoms with Crippen molar-refractivity contribution in [1.82, 2.24) is 20.5 Å². The number of fused-ring (bicyclic) bond motifs is 2. The van der Waals surface area contributed by atoms with Crippen LogP contribution < -0.4 is 31.9 Å². The van der Waals surface area contributed by atoms with Crippen molar-refractivity contribution >= 4 is 69.2 Å². The summed E-state index contributed by atoms with van der Waals surface area (Å²) in [5.74, 6) is -2.31. The van der Waals surface area contributed by atoms with Crippen LogP contribution in [0.3, 0.4) is 0 Å². The Hall–Kier alpha value is -6.48. The highest BCUT2D eigenvalue weighted by atomic mass is 16.3. The van der Waals surface area contributed by atoms with E-state index < -0.39 is 41.9 Å². The van der Waals surface area contributed by atoms with Gasteiger partial charge in [0.15, 0.2) is 6.23 Å². The zero-order valence-electron chi connectivity index (χ0n) is 28.7. The summed E-state index contributed by atoms with van der Waals surface area (Å²) in [6, 6.07) is 17.8. The normalized spacial score (nSPS) is 16.7. The Labute approximate surface area is 304 Å². The number of carbonyl (C=O) groups is 6. The highest BCUT2D eigenvalue weighted by molar-refractivity contribution is 6.08. The van der Waals surface area contributed by atoms with Crippen molar-refractivity contribution in [1.29, 1.82) is 0 Å². The Morgan fingerprint density at radius 1 is 0.811 bits per heavy atom. The third-order valence-corrected chi connectivity index (χ3v) is 8.96. The van der Waals surface area contributed by atoms with Crippen LogP contribution in [0.15, 0.2) is 85.1 Å². The molecule has 53 heavy (non-hydrogen) atoms. The van der Waals surface area contributed by atoms with Crippen LogP contribution in [0, 0.1) is 0 Å². The second kappa shape index (κ2) is 16.7. The maximum absolute atomic E-state index is 13.3. The molecule has 4 aromatic rings. The number of carbonyl (C=O) groups excluding carboxylic acids is 6. The number of imide groups is 1. The number of piperidine rings is 1. The summed E-state index contributed by atoms with van der Waals surface area (Å²) in [7, 11) is 0. The fourth-order valence-electron chi connectivity index (χ4n) is 6.31. The van der Waals surface area contributed by atoms with Crippen LogP contribution in [0.5, 0.6) is 0 Å². The number of rotatable bonds is 14. The number of H-pyrrole nitrogens is 1. The van der Waals surface area contributed by atoms with Crippen molar-refractivity contribution in [3.05, 3.63) is 96.2 Å². The Balaban J connectivity index is 0.842. The minimum Gasteiger partial charge on any atom is -0.384 e. The number of nitrogens with one attached hydrogen (secondary N) is 7. The molecule has 8 N–H and O–H groups in total. The molecular weight excluding hydrogens is 680 g/mol. The molecule has 2 aliphatic rings. The minimum absolute atomic E-state index is 0.0973. The summed E-state index contributed by atoms with van der Waals surface area (Å²) in [6.07, 6.45) is 6.35. The van der Waals surface area contributed by atoms with Crippen LogP contribution >= 0.6 is 0 Å². The topological polar surface area (TPSA) is 214 Å². The first-order valence-electron chi connectivity index (χ1n) is 17.4. The molecule has 1 fully saturated rings. The fraction of sp³-hybridized carbons (Fsp3) is 0.263. The zero-order valence-corrected chi connectivity index (χ0v) is 28.7. The third-order valence-electron chi connectivity index (χ3n) is 8.96. The van der Waals surface area contributed by atoms with Gasteiger partial charge in [-0.05, 0) is 73.9 Å². The van der Waals surface area contributed by atoms with Crippen LogP contribution in [0.2, 0.25) is 0 Å². The molecule has 0 bridgehead atoms. The molecule has 0 spiro atoms. The number of nitrogens with zero attached hydrogens (tertiary/aromatic N) is 1. The number of hydrogen-bond acceptors (Lipinski definition) is 8. The number of urea groups is 1. The Bertz CT molecular complexity index is 2060. The first kappa shape index (κ1) is 36.3. The van der Waals surface area contributed by atoms with E-state index in [0.717, 1.165) is 47.6 Å². The average molecular weight is 721 g/mol. The second-order valence-electron chi connectivity index (χ2n) is 12.7. The van der Waals surface area contributed by atoms with Gasteiger partial charge in [0.25, 0.3) is 5.91 Å². The number of aliphatic hydroxyl groups is 1. The first-order valence-corrected chi connectivity index (χ1v) is 17.4. The Kier molecular flexibility index (Phi) is 11.4.